The van der Waals surface area contributed by atoms with Crippen LogP contribution in [0.3, 0.4) is 0 Å². The molecule has 1 aliphatic carbocycles. The first-order chi connectivity index (χ1) is 8.09. The second-order valence-corrected chi connectivity index (χ2v) is 4.95. The van der Waals surface area contributed by atoms with E-state index in [0.717, 1.165) is 29.9 Å². The highest BCUT2D eigenvalue weighted by Crippen LogP contribution is 2.38. The lowest BCUT2D eigenvalue weighted by molar-refractivity contribution is 0.352. The van der Waals surface area contributed by atoms with Crippen LogP contribution >= 0.6 is 0 Å². The van der Waals surface area contributed by atoms with Crippen molar-refractivity contribution in [1.82, 2.24) is 0 Å². The minimum Gasteiger partial charge on any atom is -0.493 e. The van der Waals surface area contributed by atoms with Gasteiger partial charge in [0.2, 0.25) is 0 Å². The van der Waals surface area contributed by atoms with Gasteiger partial charge in [-0.05, 0) is 49.8 Å². The average molecular weight is 235 g/mol. The molecule has 0 atom stereocenters. The van der Waals surface area contributed by atoms with Crippen LogP contribution in [-0.4, -0.2) is 19.8 Å². The van der Waals surface area contributed by atoms with Gasteiger partial charge in [-0.25, -0.2) is 0 Å². The molecule has 0 unspecified atom stereocenters. The van der Waals surface area contributed by atoms with Gasteiger partial charge in [-0.3, -0.25) is 0 Å². The van der Waals surface area contributed by atoms with Crippen LogP contribution in [0.25, 0.3) is 0 Å². The summed E-state index contributed by atoms with van der Waals surface area (Å²) >= 11 is 0. The van der Waals surface area contributed by atoms with Crippen LogP contribution in [0.15, 0.2) is 12.1 Å². The second kappa shape index (κ2) is 4.57. The van der Waals surface area contributed by atoms with E-state index in [1.807, 2.05) is 6.07 Å². The van der Waals surface area contributed by atoms with Crippen LogP contribution in [0, 0.1) is 6.92 Å². The molecule has 3 heteroatoms. The average Bonchev–Trinajstić information content (AvgIpc) is 3.05. The second-order valence-electron chi connectivity index (χ2n) is 4.95. The molecule has 1 aliphatic rings. The third kappa shape index (κ3) is 2.55. The summed E-state index contributed by atoms with van der Waals surface area (Å²) in [6, 6.07) is 4.08. The quantitative estimate of drug-likeness (QED) is 0.852. The molecule has 0 aliphatic heterocycles. The summed E-state index contributed by atoms with van der Waals surface area (Å²) in [5.41, 5.74) is 8.69. The molecular weight excluding hydrogens is 214 g/mol. The largest absolute Gasteiger partial charge is 0.493 e. The number of aryl methyl sites for hydroxylation is 1. The van der Waals surface area contributed by atoms with Crippen molar-refractivity contribution in [3.8, 4) is 11.5 Å². The van der Waals surface area contributed by atoms with Crippen LogP contribution in [-0.2, 0) is 6.42 Å². The smallest absolute Gasteiger partial charge is 0.163 e. The summed E-state index contributed by atoms with van der Waals surface area (Å²) in [7, 11) is 3.34. The summed E-state index contributed by atoms with van der Waals surface area (Å²) in [6.07, 6.45) is 4.41. The zero-order valence-electron chi connectivity index (χ0n) is 10.9. The van der Waals surface area contributed by atoms with Gasteiger partial charge in [-0.1, -0.05) is 6.07 Å². The number of benzene rings is 1. The molecule has 94 valence electrons. The molecule has 0 heterocycles. The Morgan fingerprint density at radius 2 is 1.94 bits per heavy atom. The molecule has 0 radical (unpaired) electrons. The summed E-state index contributed by atoms with van der Waals surface area (Å²) in [5, 5.41) is 0. The Balaban J connectivity index is 2.16. The van der Waals surface area contributed by atoms with Crippen molar-refractivity contribution in [2.45, 2.75) is 38.1 Å². The molecule has 1 saturated carbocycles. The fraction of sp³-hybridized carbons (Fsp3) is 0.571. The van der Waals surface area contributed by atoms with Gasteiger partial charge in [-0.15, -0.1) is 0 Å². The standard InChI is InChI=1S/C14H21NO2/c1-10-11(6-7-14(15)8-9-14)4-5-12(16-2)13(10)17-3/h4-5H,6-9,15H2,1-3H3. The Bertz CT molecular complexity index is 411. The lowest BCUT2D eigenvalue weighted by Gasteiger charge is -2.15. The van der Waals surface area contributed by atoms with E-state index in [1.54, 1.807) is 14.2 Å². The van der Waals surface area contributed by atoms with Crippen LogP contribution in [0.2, 0.25) is 0 Å². The molecular formula is C14H21NO2. The summed E-state index contributed by atoms with van der Waals surface area (Å²) in [4.78, 5) is 0. The maximum atomic E-state index is 6.12. The highest BCUT2D eigenvalue weighted by molar-refractivity contribution is 5.50. The summed E-state index contributed by atoms with van der Waals surface area (Å²) in [6.45, 7) is 2.08. The molecule has 2 N–H and O–H groups in total. The molecule has 1 aromatic carbocycles. The molecule has 0 aromatic heterocycles. The van der Waals surface area contributed by atoms with Gasteiger partial charge in [0, 0.05) is 5.54 Å². The highest BCUT2D eigenvalue weighted by atomic mass is 16.5. The van der Waals surface area contributed by atoms with Crippen LogP contribution in [0.4, 0.5) is 0 Å². The number of nitrogens with two attached hydrogens (primary N) is 1. The van der Waals surface area contributed by atoms with Crippen molar-refractivity contribution in [3.05, 3.63) is 23.3 Å². The molecule has 0 bridgehead atoms. The van der Waals surface area contributed by atoms with Crippen molar-refractivity contribution < 1.29 is 9.47 Å². The number of ether oxygens (including phenoxy) is 2. The van der Waals surface area contributed by atoms with E-state index < -0.39 is 0 Å². The Morgan fingerprint density at radius 3 is 2.47 bits per heavy atom. The van der Waals surface area contributed by atoms with Gasteiger partial charge in [0.1, 0.15) is 0 Å². The van der Waals surface area contributed by atoms with Gasteiger partial charge in [0.25, 0.3) is 0 Å². The lowest BCUT2D eigenvalue weighted by Crippen LogP contribution is -2.22. The zero-order valence-corrected chi connectivity index (χ0v) is 10.9. The highest BCUT2D eigenvalue weighted by Gasteiger charge is 2.37. The first-order valence-electron chi connectivity index (χ1n) is 6.09. The predicted octanol–water partition coefficient (Wildman–Crippen LogP) is 2.44. The minimum atomic E-state index is 0.111. The molecule has 0 amide bonds. The van der Waals surface area contributed by atoms with E-state index in [1.165, 1.54) is 18.4 Å². The fourth-order valence-electron chi connectivity index (χ4n) is 2.19. The van der Waals surface area contributed by atoms with Crippen molar-refractivity contribution in [1.29, 1.82) is 0 Å². The monoisotopic (exact) mass is 235 g/mol. The minimum absolute atomic E-state index is 0.111. The molecule has 0 spiro atoms. The fourth-order valence-corrected chi connectivity index (χ4v) is 2.19. The lowest BCUT2D eigenvalue weighted by atomic mass is 9.99. The third-order valence-electron chi connectivity index (χ3n) is 3.69. The summed E-state index contributed by atoms with van der Waals surface area (Å²) in [5.74, 6) is 1.63. The molecule has 1 fully saturated rings. The Morgan fingerprint density at radius 1 is 1.24 bits per heavy atom. The number of hydrogen-bond donors (Lipinski definition) is 1. The van der Waals surface area contributed by atoms with Gasteiger partial charge in [0.05, 0.1) is 14.2 Å². The van der Waals surface area contributed by atoms with Crippen LogP contribution < -0.4 is 15.2 Å². The van der Waals surface area contributed by atoms with Gasteiger partial charge in [-0.2, -0.15) is 0 Å². The number of rotatable bonds is 5. The molecule has 1 aromatic rings. The van der Waals surface area contributed by atoms with Crippen molar-refractivity contribution in [2.24, 2.45) is 5.73 Å². The summed E-state index contributed by atoms with van der Waals surface area (Å²) < 4.78 is 10.7. The van der Waals surface area contributed by atoms with E-state index in [-0.39, 0.29) is 5.54 Å². The van der Waals surface area contributed by atoms with Crippen molar-refractivity contribution in [2.75, 3.05) is 14.2 Å². The van der Waals surface area contributed by atoms with Gasteiger partial charge < -0.3 is 15.2 Å². The predicted molar refractivity (Wildman–Crippen MR) is 68.8 cm³/mol. The van der Waals surface area contributed by atoms with E-state index in [4.69, 9.17) is 15.2 Å². The maximum Gasteiger partial charge on any atom is 0.163 e. The topological polar surface area (TPSA) is 44.5 Å². The Hall–Kier alpha value is -1.22. The van der Waals surface area contributed by atoms with E-state index in [9.17, 15) is 0 Å². The van der Waals surface area contributed by atoms with E-state index in [0.29, 0.717) is 0 Å². The molecule has 2 rings (SSSR count). The van der Waals surface area contributed by atoms with Crippen molar-refractivity contribution in [3.63, 3.8) is 0 Å². The van der Waals surface area contributed by atoms with Crippen LogP contribution in [0.1, 0.15) is 30.4 Å². The molecule has 0 saturated heterocycles. The molecule has 17 heavy (non-hydrogen) atoms. The first-order valence-corrected chi connectivity index (χ1v) is 6.09. The van der Waals surface area contributed by atoms with E-state index >= 15 is 0 Å². The van der Waals surface area contributed by atoms with Gasteiger partial charge in [0.15, 0.2) is 11.5 Å². The zero-order chi connectivity index (χ0) is 12.5. The first kappa shape index (κ1) is 12.2. The molecule has 3 nitrogen and oxygen atoms in total. The number of methoxy groups -OCH3 is 2. The Labute approximate surface area is 103 Å². The normalized spacial score (nSPS) is 16.7. The van der Waals surface area contributed by atoms with Crippen molar-refractivity contribution >= 4 is 0 Å². The van der Waals surface area contributed by atoms with E-state index in [2.05, 4.69) is 13.0 Å². The third-order valence-corrected chi connectivity index (χ3v) is 3.69. The number of hydrogen-bond acceptors (Lipinski definition) is 3. The van der Waals surface area contributed by atoms with Crippen LogP contribution in [0.5, 0.6) is 11.5 Å². The van der Waals surface area contributed by atoms with Gasteiger partial charge >= 0.3 is 0 Å². The Kier molecular flexibility index (Phi) is 3.29. The SMILES string of the molecule is COc1ccc(CCC2(N)CC2)c(C)c1OC. The maximum absolute atomic E-state index is 6.12.